The van der Waals surface area contributed by atoms with Crippen molar-refractivity contribution in [1.82, 2.24) is 10.3 Å². The molecule has 0 aliphatic heterocycles. The maximum Gasteiger partial charge on any atom is 0.272 e. The zero-order valence-corrected chi connectivity index (χ0v) is 10.6. The molecular formula is C11H17N3OS. The summed E-state index contributed by atoms with van der Waals surface area (Å²) in [6.45, 7) is 4.72. The molecule has 0 spiro atoms. The van der Waals surface area contributed by atoms with Crippen molar-refractivity contribution < 1.29 is 4.79 Å². The number of thioether (sulfide) groups is 1. The number of hydrogen-bond acceptors (Lipinski definition) is 4. The highest BCUT2D eigenvalue weighted by Crippen LogP contribution is 2.19. The van der Waals surface area contributed by atoms with Crippen molar-refractivity contribution in [2.24, 2.45) is 0 Å². The molecule has 1 aromatic rings. The molecule has 88 valence electrons. The molecule has 4 nitrogen and oxygen atoms in total. The molecule has 3 N–H and O–H groups in total. The van der Waals surface area contributed by atoms with Crippen LogP contribution >= 0.6 is 11.8 Å². The third-order valence-electron chi connectivity index (χ3n) is 2.28. The smallest absolute Gasteiger partial charge is 0.272 e. The lowest BCUT2D eigenvalue weighted by atomic mass is 10.2. The number of nitrogens with one attached hydrogen (secondary N) is 1. The number of carbonyl (C=O) groups is 1. The van der Waals surface area contributed by atoms with Crippen LogP contribution in [0, 0.1) is 0 Å². The summed E-state index contributed by atoms with van der Waals surface area (Å²) in [4.78, 5) is 15.7. The van der Waals surface area contributed by atoms with Gasteiger partial charge in [0.05, 0.1) is 5.69 Å². The average Bonchev–Trinajstić information content (AvgIpc) is 2.27. The van der Waals surface area contributed by atoms with E-state index in [0.29, 0.717) is 17.9 Å². The molecule has 0 aromatic carbocycles. The van der Waals surface area contributed by atoms with Gasteiger partial charge in [0.2, 0.25) is 0 Å². The average molecular weight is 239 g/mol. The van der Waals surface area contributed by atoms with Gasteiger partial charge >= 0.3 is 0 Å². The Morgan fingerprint density at radius 2 is 2.31 bits per heavy atom. The van der Waals surface area contributed by atoms with Crippen LogP contribution in [-0.2, 0) is 0 Å². The Morgan fingerprint density at radius 3 is 2.88 bits per heavy atom. The van der Waals surface area contributed by atoms with Crippen molar-refractivity contribution in [3.05, 3.63) is 24.0 Å². The van der Waals surface area contributed by atoms with Crippen LogP contribution in [0.1, 0.15) is 24.3 Å². The maximum atomic E-state index is 11.8. The molecule has 0 bridgehead atoms. The van der Waals surface area contributed by atoms with Gasteiger partial charge in [-0.05, 0) is 32.2 Å². The molecule has 1 rings (SSSR count). The first-order valence-corrected chi connectivity index (χ1v) is 6.22. The van der Waals surface area contributed by atoms with Crippen LogP contribution < -0.4 is 11.1 Å². The van der Waals surface area contributed by atoms with Gasteiger partial charge in [-0.3, -0.25) is 4.79 Å². The van der Waals surface area contributed by atoms with Crippen LogP contribution in [0.2, 0.25) is 0 Å². The summed E-state index contributed by atoms with van der Waals surface area (Å²) in [5.41, 5.74) is 6.36. The van der Waals surface area contributed by atoms with E-state index in [-0.39, 0.29) is 10.7 Å². The number of nitrogens with two attached hydrogens (primary N) is 1. The quantitative estimate of drug-likeness (QED) is 0.836. The van der Waals surface area contributed by atoms with E-state index in [0.717, 1.165) is 0 Å². The molecule has 5 heteroatoms. The highest BCUT2D eigenvalue weighted by atomic mass is 32.2. The number of amides is 1. The molecule has 0 aliphatic carbocycles. The van der Waals surface area contributed by atoms with Gasteiger partial charge in [0.1, 0.15) is 0 Å². The first-order chi connectivity index (χ1) is 7.46. The molecule has 1 aromatic heterocycles. The van der Waals surface area contributed by atoms with Crippen molar-refractivity contribution in [3.63, 3.8) is 0 Å². The molecule has 0 aliphatic rings. The summed E-state index contributed by atoms with van der Waals surface area (Å²) < 4.78 is 0.0131. The molecule has 0 radical (unpaired) electrons. The second kappa shape index (κ2) is 5.21. The topological polar surface area (TPSA) is 68.0 Å². The number of rotatable bonds is 4. The number of hydrogen-bond donors (Lipinski definition) is 2. The van der Waals surface area contributed by atoms with Gasteiger partial charge in [-0.15, -0.1) is 0 Å². The summed E-state index contributed by atoms with van der Waals surface area (Å²) in [7, 11) is 0. The summed E-state index contributed by atoms with van der Waals surface area (Å²) in [6, 6.07) is 3.37. The van der Waals surface area contributed by atoms with Crippen LogP contribution in [0.5, 0.6) is 0 Å². The van der Waals surface area contributed by atoms with Crippen molar-refractivity contribution in [2.75, 3.05) is 18.5 Å². The monoisotopic (exact) mass is 239 g/mol. The van der Waals surface area contributed by atoms with Gasteiger partial charge < -0.3 is 11.1 Å². The molecule has 0 saturated heterocycles. The Balaban J connectivity index is 2.64. The fraction of sp³-hybridized carbons (Fsp3) is 0.455. The summed E-state index contributed by atoms with van der Waals surface area (Å²) in [6.07, 6.45) is 3.58. The Hall–Kier alpha value is -1.23. The lowest BCUT2D eigenvalue weighted by Gasteiger charge is -2.22. The predicted molar refractivity (Wildman–Crippen MR) is 68.6 cm³/mol. The van der Waals surface area contributed by atoms with Gasteiger partial charge in [0.25, 0.3) is 5.91 Å². The van der Waals surface area contributed by atoms with Gasteiger partial charge in [0.15, 0.2) is 5.69 Å². The van der Waals surface area contributed by atoms with Crippen molar-refractivity contribution in [2.45, 2.75) is 18.6 Å². The van der Waals surface area contributed by atoms with Gasteiger partial charge in [0, 0.05) is 17.5 Å². The van der Waals surface area contributed by atoms with Crippen LogP contribution in [-0.4, -0.2) is 28.4 Å². The van der Waals surface area contributed by atoms with E-state index in [1.807, 2.05) is 6.26 Å². The van der Waals surface area contributed by atoms with Crippen LogP contribution in [0.3, 0.4) is 0 Å². The first kappa shape index (κ1) is 12.8. The van der Waals surface area contributed by atoms with Crippen molar-refractivity contribution in [1.29, 1.82) is 0 Å². The van der Waals surface area contributed by atoms with E-state index in [2.05, 4.69) is 24.1 Å². The van der Waals surface area contributed by atoms with E-state index in [1.165, 1.54) is 0 Å². The minimum absolute atomic E-state index is 0.0131. The number of carbonyl (C=O) groups excluding carboxylic acids is 1. The molecule has 0 atom stereocenters. The normalized spacial score (nSPS) is 11.2. The highest BCUT2D eigenvalue weighted by Gasteiger charge is 2.18. The minimum atomic E-state index is -0.222. The van der Waals surface area contributed by atoms with Crippen LogP contribution in [0.15, 0.2) is 18.3 Å². The summed E-state index contributed by atoms with van der Waals surface area (Å²) >= 11 is 1.70. The Morgan fingerprint density at radius 1 is 1.62 bits per heavy atom. The van der Waals surface area contributed by atoms with Crippen LogP contribution in [0.25, 0.3) is 0 Å². The molecule has 0 unspecified atom stereocenters. The van der Waals surface area contributed by atoms with E-state index < -0.39 is 0 Å². The molecule has 1 amide bonds. The molecule has 0 fully saturated rings. The SMILES string of the molecule is CSC(C)(C)CNC(=O)c1ncccc1N. The van der Waals surface area contributed by atoms with Crippen molar-refractivity contribution in [3.8, 4) is 0 Å². The lowest BCUT2D eigenvalue weighted by Crippen LogP contribution is -2.36. The Labute approximate surface area is 100 Å². The fourth-order valence-corrected chi connectivity index (χ4v) is 1.27. The zero-order chi connectivity index (χ0) is 12.2. The van der Waals surface area contributed by atoms with E-state index in [4.69, 9.17) is 5.73 Å². The van der Waals surface area contributed by atoms with Gasteiger partial charge in [-0.1, -0.05) is 0 Å². The molecule has 1 heterocycles. The number of anilines is 1. The number of nitrogen functional groups attached to an aromatic ring is 1. The highest BCUT2D eigenvalue weighted by molar-refractivity contribution is 7.99. The van der Waals surface area contributed by atoms with E-state index >= 15 is 0 Å². The molecule has 0 saturated carbocycles. The molecule has 16 heavy (non-hydrogen) atoms. The van der Waals surface area contributed by atoms with Crippen LogP contribution in [0.4, 0.5) is 5.69 Å². The fourth-order valence-electron chi connectivity index (χ4n) is 1.06. The lowest BCUT2D eigenvalue weighted by molar-refractivity contribution is 0.0947. The first-order valence-electron chi connectivity index (χ1n) is 5.00. The largest absolute Gasteiger partial charge is 0.397 e. The number of nitrogens with zero attached hydrogens (tertiary/aromatic N) is 1. The summed E-state index contributed by atoms with van der Waals surface area (Å²) in [5, 5.41) is 2.83. The number of pyridine rings is 1. The minimum Gasteiger partial charge on any atom is -0.397 e. The second-order valence-corrected chi connectivity index (χ2v) is 5.60. The molecular weight excluding hydrogens is 222 g/mol. The Bertz CT molecular complexity index is 379. The summed E-state index contributed by atoms with van der Waals surface area (Å²) in [5.74, 6) is -0.222. The van der Waals surface area contributed by atoms with Crippen molar-refractivity contribution >= 4 is 23.4 Å². The second-order valence-electron chi connectivity index (χ2n) is 4.09. The maximum absolute atomic E-state index is 11.8. The predicted octanol–water partition coefficient (Wildman–Crippen LogP) is 1.54. The standard InChI is InChI=1S/C11H17N3OS/c1-11(2,16-3)7-14-10(15)9-8(12)5-4-6-13-9/h4-6H,7,12H2,1-3H3,(H,14,15). The number of aromatic nitrogens is 1. The van der Waals surface area contributed by atoms with Gasteiger partial charge in [-0.2, -0.15) is 11.8 Å². The third kappa shape index (κ3) is 3.41. The van der Waals surface area contributed by atoms with E-state index in [1.54, 1.807) is 30.1 Å². The van der Waals surface area contributed by atoms with Gasteiger partial charge in [-0.25, -0.2) is 4.98 Å². The zero-order valence-electron chi connectivity index (χ0n) is 9.78. The van der Waals surface area contributed by atoms with E-state index in [9.17, 15) is 4.79 Å². The third-order valence-corrected chi connectivity index (χ3v) is 3.53. The Kier molecular flexibility index (Phi) is 4.18.